The molecule has 1 unspecified atom stereocenters. The lowest BCUT2D eigenvalue weighted by Gasteiger charge is -2.22. The van der Waals surface area contributed by atoms with Crippen LogP contribution >= 0.6 is 0 Å². The van der Waals surface area contributed by atoms with E-state index >= 15 is 0 Å². The molecule has 0 amide bonds. The first-order chi connectivity index (χ1) is 7.72. The van der Waals surface area contributed by atoms with Gasteiger partial charge in [0.05, 0.1) is 0 Å². The number of hydrogen-bond acceptors (Lipinski definition) is 2. The Kier molecular flexibility index (Phi) is 3.31. The van der Waals surface area contributed by atoms with Gasteiger partial charge in [0.2, 0.25) is 0 Å². The molecule has 0 aliphatic heterocycles. The van der Waals surface area contributed by atoms with Crippen LogP contribution in [-0.2, 0) is 6.42 Å². The summed E-state index contributed by atoms with van der Waals surface area (Å²) in [5.74, 6) is 0. The van der Waals surface area contributed by atoms with Gasteiger partial charge >= 0.3 is 0 Å². The van der Waals surface area contributed by atoms with Crippen molar-refractivity contribution in [3.8, 4) is 0 Å². The first kappa shape index (κ1) is 11.6. The summed E-state index contributed by atoms with van der Waals surface area (Å²) in [6.07, 6.45) is 4.71. The van der Waals surface area contributed by atoms with Gasteiger partial charge in [0, 0.05) is 11.5 Å². The molecule has 0 aromatic heterocycles. The molecular formula is C14H22N2. The van der Waals surface area contributed by atoms with Crippen LogP contribution in [-0.4, -0.2) is 6.54 Å². The average molecular weight is 218 g/mol. The van der Waals surface area contributed by atoms with Gasteiger partial charge in [-0.2, -0.15) is 0 Å². The molecular weight excluding hydrogens is 196 g/mol. The zero-order chi connectivity index (χ0) is 11.6. The fourth-order valence-corrected chi connectivity index (χ4v) is 2.34. The van der Waals surface area contributed by atoms with Crippen LogP contribution in [0.4, 0.5) is 0 Å². The summed E-state index contributed by atoms with van der Waals surface area (Å²) < 4.78 is 0. The molecule has 0 radical (unpaired) electrons. The fraction of sp³-hybridized carbons (Fsp3) is 0.571. The highest BCUT2D eigenvalue weighted by atomic mass is 14.8. The first-order valence-electron chi connectivity index (χ1n) is 6.26. The Morgan fingerprint density at radius 1 is 1.25 bits per heavy atom. The quantitative estimate of drug-likeness (QED) is 0.797. The van der Waals surface area contributed by atoms with Crippen LogP contribution in [0.2, 0.25) is 0 Å². The van der Waals surface area contributed by atoms with E-state index in [1.54, 1.807) is 0 Å². The normalized spacial score (nSPS) is 19.4. The van der Waals surface area contributed by atoms with Gasteiger partial charge in [-0.25, -0.2) is 0 Å². The summed E-state index contributed by atoms with van der Waals surface area (Å²) in [5.41, 5.74) is 14.9. The van der Waals surface area contributed by atoms with E-state index in [0.29, 0.717) is 6.54 Å². The third-order valence-corrected chi connectivity index (χ3v) is 3.84. The van der Waals surface area contributed by atoms with E-state index in [-0.39, 0.29) is 11.5 Å². The highest BCUT2D eigenvalue weighted by molar-refractivity contribution is 5.28. The Morgan fingerprint density at radius 2 is 1.88 bits per heavy atom. The van der Waals surface area contributed by atoms with E-state index in [1.807, 2.05) is 0 Å². The zero-order valence-electron chi connectivity index (χ0n) is 10.1. The topological polar surface area (TPSA) is 52.0 Å². The Bertz CT molecular complexity index is 338. The van der Waals surface area contributed by atoms with Crippen LogP contribution in [0.25, 0.3) is 0 Å². The molecule has 1 atom stereocenters. The van der Waals surface area contributed by atoms with Crippen molar-refractivity contribution in [1.82, 2.24) is 0 Å². The average Bonchev–Trinajstić information content (AvgIpc) is 3.10. The van der Waals surface area contributed by atoms with Crippen molar-refractivity contribution < 1.29 is 0 Å². The Hall–Kier alpha value is -0.860. The Balaban J connectivity index is 2.09. The number of hydrogen-bond donors (Lipinski definition) is 2. The molecule has 1 fully saturated rings. The van der Waals surface area contributed by atoms with Crippen molar-refractivity contribution in [3.63, 3.8) is 0 Å². The van der Waals surface area contributed by atoms with Crippen molar-refractivity contribution in [2.75, 3.05) is 6.54 Å². The van der Waals surface area contributed by atoms with Crippen molar-refractivity contribution in [2.24, 2.45) is 16.9 Å². The monoisotopic (exact) mass is 218 g/mol. The predicted molar refractivity (Wildman–Crippen MR) is 68.1 cm³/mol. The summed E-state index contributed by atoms with van der Waals surface area (Å²) in [4.78, 5) is 0. The molecule has 0 heterocycles. The predicted octanol–water partition coefficient (Wildman–Crippen LogP) is 2.38. The van der Waals surface area contributed by atoms with Crippen LogP contribution in [0.1, 0.15) is 43.4 Å². The van der Waals surface area contributed by atoms with Crippen LogP contribution in [0.15, 0.2) is 24.3 Å². The minimum absolute atomic E-state index is 0.119. The van der Waals surface area contributed by atoms with Crippen molar-refractivity contribution in [1.29, 1.82) is 0 Å². The molecule has 1 aliphatic rings. The van der Waals surface area contributed by atoms with Gasteiger partial charge in [-0.3, -0.25) is 0 Å². The fourth-order valence-electron chi connectivity index (χ4n) is 2.34. The third kappa shape index (κ3) is 2.13. The summed E-state index contributed by atoms with van der Waals surface area (Å²) in [6, 6.07) is 8.86. The highest BCUT2D eigenvalue weighted by Crippen LogP contribution is 2.52. The maximum Gasteiger partial charge on any atom is 0.0364 e. The van der Waals surface area contributed by atoms with Gasteiger partial charge < -0.3 is 11.5 Å². The molecule has 88 valence electrons. The molecule has 1 aromatic rings. The summed E-state index contributed by atoms with van der Waals surface area (Å²) >= 11 is 0. The van der Waals surface area contributed by atoms with Gasteiger partial charge in [0.1, 0.15) is 0 Å². The standard InChI is InChI=1S/C14H22N2/c1-2-3-11-4-6-12(7-5-11)13(16)14(10-15)8-9-14/h4-7,13H,2-3,8-10,15-16H2,1H3. The van der Waals surface area contributed by atoms with Crippen molar-refractivity contribution >= 4 is 0 Å². The number of nitrogens with two attached hydrogens (primary N) is 2. The molecule has 2 nitrogen and oxygen atoms in total. The highest BCUT2D eigenvalue weighted by Gasteiger charge is 2.46. The van der Waals surface area contributed by atoms with E-state index in [1.165, 1.54) is 30.4 Å². The van der Waals surface area contributed by atoms with Crippen LogP contribution < -0.4 is 11.5 Å². The van der Waals surface area contributed by atoms with Gasteiger partial charge in [-0.15, -0.1) is 0 Å². The smallest absolute Gasteiger partial charge is 0.0364 e. The van der Waals surface area contributed by atoms with Crippen LogP contribution in [0.3, 0.4) is 0 Å². The minimum Gasteiger partial charge on any atom is -0.330 e. The lowest BCUT2D eigenvalue weighted by atomic mass is 9.90. The lowest BCUT2D eigenvalue weighted by molar-refractivity contribution is 0.419. The molecule has 16 heavy (non-hydrogen) atoms. The first-order valence-corrected chi connectivity index (χ1v) is 6.26. The summed E-state index contributed by atoms with van der Waals surface area (Å²) in [6.45, 7) is 2.91. The van der Waals surface area contributed by atoms with E-state index in [4.69, 9.17) is 11.5 Å². The van der Waals surface area contributed by atoms with Crippen molar-refractivity contribution in [3.05, 3.63) is 35.4 Å². The molecule has 2 rings (SSSR count). The van der Waals surface area contributed by atoms with E-state index in [2.05, 4.69) is 31.2 Å². The third-order valence-electron chi connectivity index (χ3n) is 3.84. The molecule has 4 N–H and O–H groups in total. The van der Waals surface area contributed by atoms with Gasteiger partial charge in [-0.1, -0.05) is 37.6 Å². The van der Waals surface area contributed by atoms with Gasteiger partial charge in [0.25, 0.3) is 0 Å². The minimum atomic E-state index is 0.119. The number of aryl methyl sites for hydroxylation is 1. The summed E-state index contributed by atoms with van der Waals surface area (Å²) in [7, 11) is 0. The number of rotatable bonds is 5. The van der Waals surface area contributed by atoms with Crippen LogP contribution in [0.5, 0.6) is 0 Å². The largest absolute Gasteiger partial charge is 0.330 e. The molecule has 2 heteroatoms. The SMILES string of the molecule is CCCc1ccc(C(N)C2(CN)CC2)cc1. The molecule has 0 spiro atoms. The van der Waals surface area contributed by atoms with Gasteiger partial charge in [-0.05, 0) is 36.9 Å². The van der Waals surface area contributed by atoms with E-state index in [9.17, 15) is 0 Å². The lowest BCUT2D eigenvalue weighted by Crippen LogP contribution is -2.29. The van der Waals surface area contributed by atoms with Gasteiger partial charge in [0.15, 0.2) is 0 Å². The second-order valence-electron chi connectivity index (χ2n) is 5.04. The second kappa shape index (κ2) is 4.56. The molecule has 1 aromatic carbocycles. The summed E-state index contributed by atoms with van der Waals surface area (Å²) in [5, 5.41) is 0. The van der Waals surface area contributed by atoms with Crippen molar-refractivity contribution in [2.45, 2.75) is 38.6 Å². The number of benzene rings is 1. The maximum absolute atomic E-state index is 6.29. The Labute approximate surface area is 98.0 Å². The van der Waals surface area contributed by atoms with E-state index in [0.717, 1.165) is 6.42 Å². The second-order valence-corrected chi connectivity index (χ2v) is 5.04. The Morgan fingerprint density at radius 3 is 2.31 bits per heavy atom. The molecule has 0 saturated heterocycles. The zero-order valence-corrected chi connectivity index (χ0v) is 10.1. The molecule has 0 bridgehead atoms. The molecule has 1 aliphatic carbocycles. The molecule has 1 saturated carbocycles. The van der Waals surface area contributed by atoms with Crippen LogP contribution in [0, 0.1) is 5.41 Å². The van der Waals surface area contributed by atoms with E-state index < -0.39 is 0 Å². The maximum atomic E-state index is 6.29.